The van der Waals surface area contributed by atoms with E-state index >= 15 is 0 Å². The molecule has 0 aliphatic carbocycles. The summed E-state index contributed by atoms with van der Waals surface area (Å²) in [6.07, 6.45) is 5.52. The van der Waals surface area contributed by atoms with E-state index in [2.05, 4.69) is 16.9 Å². The van der Waals surface area contributed by atoms with E-state index in [0.717, 1.165) is 29.5 Å². The molecule has 0 aliphatic heterocycles. The predicted octanol–water partition coefficient (Wildman–Crippen LogP) is 3.13. The number of benzene rings is 1. The van der Waals surface area contributed by atoms with E-state index in [1.807, 2.05) is 42.0 Å². The number of allylic oxidation sites excluding steroid dienone is 1. The Morgan fingerprint density at radius 2 is 2.33 bits per heavy atom. The summed E-state index contributed by atoms with van der Waals surface area (Å²) in [5, 5.41) is 3.28. The Morgan fingerprint density at radius 3 is 3.00 bits per heavy atom. The van der Waals surface area contributed by atoms with E-state index in [9.17, 15) is 0 Å². The monoisotopic (exact) mass is 243 g/mol. The molecule has 0 saturated carbocycles. The van der Waals surface area contributed by atoms with Crippen molar-refractivity contribution in [2.45, 2.75) is 13.5 Å². The topological polar surface area (TPSA) is 39.1 Å². The fraction of sp³-hybridized carbons (Fsp3) is 0.214. The van der Waals surface area contributed by atoms with Gasteiger partial charge in [0.15, 0.2) is 0 Å². The van der Waals surface area contributed by atoms with Gasteiger partial charge in [0, 0.05) is 24.6 Å². The molecular formula is C14H17N3O. The number of hydrogen-bond acceptors (Lipinski definition) is 3. The third-order valence-electron chi connectivity index (χ3n) is 2.69. The van der Waals surface area contributed by atoms with Crippen LogP contribution in [0.4, 0.5) is 11.6 Å². The summed E-state index contributed by atoms with van der Waals surface area (Å²) in [6, 6.07) is 5.95. The van der Waals surface area contributed by atoms with Crippen molar-refractivity contribution in [3.8, 4) is 5.75 Å². The van der Waals surface area contributed by atoms with E-state index in [4.69, 9.17) is 4.74 Å². The minimum Gasteiger partial charge on any atom is -0.496 e. The highest BCUT2D eigenvalue weighted by Crippen LogP contribution is 2.23. The van der Waals surface area contributed by atoms with Gasteiger partial charge in [-0.1, -0.05) is 6.08 Å². The smallest absolute Gasteiger partial charge is 0.207 e. The predicted molar refractivity (Wildman–Crippen MR) is 73.4 cm³/mol. The number of nitrogens with zero attached hydrogens (tertiary/aromatic N) is 2. The summed E-state index contributed by atoms with van der Waals surface area (Å²) >= 11 is 0. The Bertz CT molecular complexity index is 546. The minimum absolute atomic E-state index is 0.734. The number of anilines is 2. The maximum absolute atomic E-state index is 5.24. The van der Waals surface area contributed by atoms with E-state index in [1.165, 1.54) is 0 Å². The molecule has 1 heterocycles. The third-order valence-corrected chi connectivity index (χ3v) is 2.69. The van der Waals surface area contributed by atoms with Crippen molar-refractivity contribution in [1.82, 2.24) is 9.55 Å². The molecule has 4 heteroatoms. The number of nitrogens with one attached hydrogen (secondary N) is 1. The number of aromatic nitrogens is 2. The molecule has 18 heavy (non-hydrogen) atoms. The summed E-state index contributed by atoms with van der Waals surface area (Å²) in [5.74, 6) is 1.69. The van der Waals surface area contributed by atoms with Crippen LogP contribution >= 0.6 is 0 Å². The lowest BCUT2D eigenvalue weighted by molar-refractivity contribution is 0.412. The molecule has 1 N–H and O–H groups in total. The van der Waals surface area contributed by atoms with Crippen molar-refractivity contribution in [2.75, 3.05) is 12.4 Å². The van der Waals surface area contributed by atoms with Crippen LogP contribution in [0.5, 0.6) is 5.75 Å². The number of aryl methyl sites for hydroxylation is 1. The zero-order chi connectivity index (χ0) is 13.0. The second-order valence-corrected chi connectivity index (χ2v) is 4.00. The SMILES string of the molecule is C=CCn1ccnc1Nc1ccc(OC)c(C)c1. The molecule has 1 aromatic carbocycles. The fourth-order valence-electron chi connectivity index (χ4n) is 1.80. The summed E-state index contributed by atoms with van der Waals surface area (Å²) in [4.78, 5) is 4.28. The Hall–Kier alpha value is -2.23. The van der Waals surface area contributed by atoms with Gasteiger partial charge in [0.05, 0.1) is 7.11 Å². The summed E-state index contributed by atoms with van der Waals surface area (Å²) in [5.41, 5.74) is 2.08. The lowest BCUT2D eigenvalue weighted by atomic mass is 10.2. The zero-order valence-corrected chi connectivity index (χ0v) is 10.7. The Kier molecular flexibility index (Phi) is 3.67. The molecule has 2 rings (SSSR count). The van der Waals surface area contributed by atoms with Crippen LogP contribution in [-0.4, -0.2) is 16.7 Å². The van der Waals surface area contributed by atoms with E-state index in [0.29, 0.717) is 0 Å². The van der Waals surface area contributed by atoms with Gasteiger partial charge < -0.3 is 14.6 Å². The van der Waals surface area contributed by atoms with Crippen molar-refractivity contribution in [1.29, 1.82) is 0 Å². The first-order valence-corrected chi connectivity index (χ1v) is 5.78. The van der Waals surface area contributed by atoms with E-state index < -0.39 is 0 Å². The minimum atomic E-state index is 0.734. The van der Waals surface area contributed by atoms with Gasteiger partial charge in [0.2, 0.25) is 5.95 Å². The Balaban J connectivity index is 2.20. The molecule has 0 atom stereocenters. The molecule has 0 bridgehead atoms. The normalized spacial score (nSPS) is 10.1. The van der Waals surface area contributed by atoms with Gasteiger partial charge in [0.25, 0.3) is 0 Å². The van der Waals surface area contributed by atoms with Crippen molar-refractivity contribution in [2.24, 2.45) is 0 Å². The van der Waals surface area contributed by atoms with Crippen molar-refractivity contribution >= 4 is 11.6 Å². The molecule has 0 fully saturated rings. The number of imidazole rings is 1. The van der Waals surface area contributed by atoms with E-state index in [-0.39, 0.29) is 0 Å². The molecule has 0 spiro atoms. The first-order chi connectivity index (χ1) is 8.74. The maximum Gasteiger partial charge on any atom is 0.207 e. The quantitative estimate of drug-likeness (QED) is 0.820. The van der Waals surface area contributed by atoms with Crippen LogP contribution < -0.4 is 10.1 Å². The molecule has 2 aromatic rings. The second kappa shape index (κ2) is 5.40. The van der Waals surface area contributed by atoms with Crippen molar-refractivity contribution in [3.05, 3.63) is 48.8 Å². The van der Waals surface area contributed by atoms with Gasteiger partial charge in [0.1, 0.15) is 5.75 Å². The molecule has 0 unspecified atom stereocenters. The van der Waals surface area contributed by atoms with Crippen LogP contribution in [0.15, 0.2) is 43.2 Å². The zero-order valence-electron chi connectivity index (χ0n) is 10.7. The molecule has 0 saturated heterocycles. The van der Waals surface area contributed by atoms with Crippen molar-refractivity contribution < 1.29 is 4.74 Å². The highest BCUT2D eigenvalue weighted by Gasteiger charge is 2.04. The van der Waals surface area contributed by atoms with Crippen LogP contribution in [0.25, 0.3) is 0 Å². The van der Waals surface area contributed by atoms with Crippen LogP contribution in [0, 0.1) is 6.92 Å². The van der Waals surface area contributed by atoms with Gasteiger partial charge in [-0.2, -0.15) is 0 Å². The first kappa shape index (κ1) is 12.2. The lowest BCUT2D eigenvalue weighted by Gasteiger charge is -2.10. The van der Waals surface area contributed by atoms with Gasteiger partial charge in [-0.3, -0.25) is 0 Å². The number of methoxy groups -OCH3 is 1. The van der Waals surface area contributed by atoms with Crippen LogP contribution in [-0.2, 0) is 6.54 Å². The molecule has 4 nitrogen and oxygen atoms in total. The molecule has 0 aliphatic rings. The maximum atomic E-state index is 5.24. The van der Waals surface area contributed by atoms with Gasteiger partial charge in [-0.25, -0.2) is 4.98 Å². The van der Waals surface area contributed by atoms with Crippen molar-refractivity contribution in [3.63, 3.8) is 0 Å². The average molecular weight is 243 g/mol. The molecule has 94 valence electrons. The van der Waals surface area contributed by atoms with E-state index in [1.54, 1.807) is 13.3 Å². The Morgan fingerprint density at radius 1 is 1.50 bits per heavy atom. The standard InChI is InChI=1S/C14H17N3O/c1-4-8-17-9-7-15-14(17)16-12-5-6-13(18-3)11(2)10-12/h4-7,9-10H,1,8H2,2-3H3,(H,15,16). The molecule has 1 aromatic heterocycles. The summed E-state index contributed by atoms with van der Waals surface area (Å²) in [7, 11) is 1.67. The number of rotatable bonds is 5. The summed E-state index contributed by atoms with van der Waals surface area (Å²) in [6.45, 7) is 6.48. The molecule has 0 amide bonds. The lowest BCUT2D eigenvalue weighted by Crippen LogP contribution is -2.02. The average Bonchev–Trinajstić information content (AvgIpc) is 2.78. The third kappa shape index (κ3) is 2.53. The van der Waals surface area contributed by atoms with Crippen LogP contribution in [0.1, 0.15) is 5.56 Å². The van der Waals surface area contributed by atoms with Gasteiger partial charge >= 0.3 is 0 Å². The van der Waals surface area contributed by atoms with Gasteiger partial charge in [-0.05, 0) is 30.7 Å². The fourth-order valence-corrected chi connectivity index (χ4v) is 1.80. The highest BCUT2D eigenvalue weighted by atomic mass is 16.5. The van der Waals surface area contributed by atoms with Crippen LogP contribution in [0.3, 0.4) is 0 Å². The van der Waals surface area contributed by atoms with Gasteiger partial charge in [-0.15, -0.1) is 6.58 Å². The summed E-state index contributed by atoms with van der Waals surface area (Å²) < 4.78 is 7.23. The highest BCUT2D eigenvalue weighted by molar-refractivity contribution is 5.57. The van der Waals surface area contributed by atoms with Crippen LogP contribution in [0.2, 0.25) is 0 Å². The number of hydrogen-bond donors (Lipinski definition) is 1. The first-order valence-electron chi connectivity index (χ1n) is 5.78. The second-order valence-electron chi connectivity index (χ2n) is 4.00. The largest absolute Gasteiger partial charge is 0.496 e. The molecule has 0 radical (unpaired) electrons. The number of ether oxygens (including phenoxy) is 1. The molecular weight excluding hydrogens is 226 g/mol. The Labute approximate surface area is 107 Å².